The Balaban J connectivity index is 1.48. The second-order valence-corrected chi connectivity index (χ2v) is 8.06. The van der Waals surface area contributed by atoms with E-state index in [2.05, 4.69) is 10.5 Å². The monoisotopic (exact) mass is 511 g/mol. The summed E-state index contributed by atoms with van der Waals surface area (Å²) < 4.78 is 17.0. The summed E-state index contributed by atoms with van der Waals surface area (Å²) in [6, 6.07) is 28.4. The second kappa shape index (κ2) is 12.7. The van der Waals surface area contributed by atoms with Crippen LogP contribution < -0.4 is 19.6 Å². The molecule has 0 heterocycles. The van der Waals surface area contributed by atoms with Gasteiger partial charge in [-0.15, -0.1) is 0 Å². The molecule has 1 amide bonds. The van der Waals surface area contributed by atoms with Gasteiger partial charge in [-0.2, -0.15) is 5.10 Å². The lowest BCUT2D eigenvalue weighted by atomic mass is 10.1. The lowest BCUT2D eigenvalue weighted by molar-refractivity contribution is -0.385. The van der Waals surface area contributed by atoms with E-state index in [0.29, 0.717) is 18.1 Å². The number of ether oxygens (including phenoxy) is 3. The number of amides is 1. The van der Waals surface area contributed by atoms with Gasteiger partial charge in [-0.3, -0.25) is 14.9 Å². The molecule has 4 aromatic carbocycles. The highest BCUT2D eigenvalue weighted by Gasteiger charge is 2.19. The molecule has 0 unspecified atom stereocenters. The zero-order valence-corrected chi connectivity index (χ0v) is 20.6. The summed E-state index contributed by atoms with van der Waals surface area (Å²) in [6.07, 6.45) is 1.19. The van der Waals surface area contributed by atoms with Gasteiger partial charge in [-0.25, -0.2) is 5.43 Å². The summed E-state index contributed by atoms with van der Waals surface area (Å²) in [7, 11) is 1.44. The maximum atomic E-state index is 12.8. The van der Waals surface area contributed by atoms with Gasteiger partial charge in [0, 0.05) is 0 Å². The maximum absolute atomic E-state index is 12.8. The van der Waals surface area contributed by atoms with E-state index in [-0.39, 0.29) is 29.2 Å². The van der Waals surface area contributed by atoms with Crippen LogP contribution in [0.1, 0.15) is 27.0 Å². The van der Waals surface area contributed by atoms with E-state index in [4.69, 9.17) is 14.2 Å². The van der Waals surface area contributed by atoms with E-state index in [1.807, 2.05) is 60.7 Å². The van der Waals surface area contributed by atoms with Gasteiger partial charge < -0.3 is 14.2 Å². The molecule has 0 aliphatic heterocycles. The lowest BCUT2D eigenvalue weighted by Crippen LogP contribution is -2.18. The molecule has 1 N–H and O–H groups in total. The zero-order chi connectivity index (χ0) is 26.7. The van der Waals surface area contributed by atoms with Gasteiger partial charge in [-0.1, -0.05) is 72.8 Å². The number of nitrogens with zero attached hydrogens (tertiary/aromatic N) is 2. The van der Waals surface area contributed by atoms with Crippen molar-refractivity contribution < 1.29 is 23.9 Å². The van der Waals surface area contributed by atoms with Crippen LogP contribution in [-0.4, -0.2) is 24.2 Å². The number of carbonyl (C=O) groups excluding carboxylic acids is 1. The van der Waals surface area contributed by atoms with E-state index < -0.39 is 10.8 Å². The van der Waals surface area contributed by atoms with Crippen LogP contribution in [0.5, 0.6) is 17.2 Å². The van der Waals surface area contributed by atoms with Crippen LogP contribution in [0.2, 0.25) is 0 Å². The Hall–Kier alpha value is -5.18. The number of methoxy groups -OCH3 is 1. The standard InChI is InChI=1S/C29H25N3O6/c1-36-27-16-23(25(32(34)35)17-28(27)38-20-22-12-6-3-7-13-22)18-30-31-29(33)24-14-8-9-15-26(24)37-19-21-10-4-2-5-11-21/h2-18H,19-20H2,1H3,(H,31,33)/b30-18+. The number of hydrogen-bond acceptors (Lipinski definition) is 7. The Morgan fingerprint density at radius 1 is 0.842 bits per heavy atom. The summed E-state index contributed by atoms with van der Waals surface area (Å²) in [6.45, 7) is 0.503. The van der Waals surface area contributed by atoms with Crippen molar-refractivity contribution in [1.29, 1.82) is 0 Å². The quantitative estimate of drug-likeness (QED) is 0.161. The van der Waals surface area contributed by atoms with Crippen molar-refractivity contribution in [2.45, 2.75) is 13.2 Å². The highest BCUT2D eigenvalue weighted by molar-refractivity contribution is 5.97. The minimum absolute atomic E-state index is 0.132. The van der Waals surface area contributed by atoms with Crippen LogP contribution in [0.4, 0.5) is 5.69 Å². The Labute approximate surface area is 219 Å². The summed E-state index contributed by atoms with van der Waals surface area (Å²) in [4.78, 5) is 24.0. The molecule has 0 atom stereocenters. The van der Waals surface area contributed by atoms with E-state index in [1.165, 1.54) is 25.5 Å². The number of rotatable bonds is 11. The van der Waals surface area contributed by atoms with Crippen molar-refractivity contribution >= 4 is 17.8 Å². The first-order chi connectivity index (χ1) is 18.5. The van der Waals surface area contributed by atoms with Crippen LogP contribution in [-0.2, 0) is 13.2 Å². The normalized spacial score (nSPS) is 10.7. The fourth-order valence-corrected chi connectivity index (χ4v) is 3.57. The van der Waals surface area contributed by atoms with Crippen LogP contribution in [0.25, 0.3) is 0 Å². The number of hydrazone groups is 1. The predicted octanol–water partition coefficient (Wildman–Crippen LogP) is 5.53. The number of carbonyl (C=O) groups is 1. The molecule has 4 rings (SSSR count). The van der Waals surface area contributed by atoms with E-state index in [0.717, 1.165) is 11.1 Å². The zero-order valence-electron chi connectivity index (χ0n) is 20.6. The third-order valence-electron chi connectivity index (χ3n) is 5.49. The Kier molecular flexibility index (Phi) is 8.64. The fourth-order valence-electron chi connectivity index (χ4n) is 3.57. The van der Waals surface area contributed by atoms with Crippen LogP contribution in [0.3, 0.4) is 0 Å². The van der Waals surface area contributed by atoms with Crippen molar-refractivity contribution in [3.05, 3.63) is 129 Å². The van der Waals surface area contributed by atoms with Gasteiger partial charge in [0.05, 0.1) is 35.4 Å². The predicted molar refractivity (Wildman–Crippen MR) is 143 cm³/mol. The molecule has 192 valence electrons. The maximum Gasteiger partial charge on any atom is 0.282 e. The van der Waals surface area contributed by atoms with Gasteiger partial charge in [0.2, 0.25) is 0 Å². The number of nitro benzene ring substituents is 1. The molecule has 9 heteroatoms. The molecule has 0 saturated heterocycles. The topological polar surface area (TPSA) is 112 Å². The Morgan fingerprint density at radius 3 is 2.03 bits per heavy atom. The third-order valence-corrected chi connectivity index (χ3v) is 5.49. The van der Waals surface area contributed by atoms with Crippen molar-refractivity contribution in [2.75, 3.05) is 7.11 Å². The number of nitrogens with one attached hydrogen (secondary N) is 1. The van der Waals surface area contributed by atoms with Crippen LogP contribution >= 0.6 is 0 Å². The number of para-hydroxylation sites is 1. The molecule has 9 nitrogen and oxygen atoms in total. The molecule has 4 aromatic rings. The molecule has 38 heavy (non-hydrogen) atoms. The number of hydrogen-bond donors (Lipinski definition) is 1. The molecular weight excluding hydrogens is 486 g/mol. The Morgan fingerprint density at radius 2 is 1.42 bits per heavy atom. The summed E-state index contributed by atoms with van der Waals surface area (Å²) in [5.41, 5.74) is 4.42. The van der Waals surface area contributed by atoms with Gasteiger partial charge in [0.15, 0.2) is 11.5 Å². The molecular formula is C29H25N3O6. The first-order valence-corrected chi connectivity index (χ1v) is 11.7. The average molecular weight is 512 g/mol. The Bertz CT molecular complexity index is 1430. The average Bonchev–Trinajstić information content (AvgIpc) is 2.96. The molecule has 0 aliphatic carbocycles. The molecule has 0 spiro atoms. The van der Waals surface area contributed by atoms with Crippen molar-refractivity contribution in [2.24, 2.45) is 5.10 Å². The third kappa shape index (κ3) is 6.73. The highest BCUT2D eigenvalue weighted by atomic mass is 16.6. The van der Waals surface area contributed by atoms with Crippen molar-refractivity contribution in [3.8, 4) is 17.2 Å². The van der Waals surface area contributed by atoms with E-state index >= 15 is 0 Å². The SMILES string of the molecule is COc1cc(/C=N/NC(=O)c2ccccc2OCc2ccccc2)c([N+](=O)[O-])cc1OCc1ccccc1. The van der Waals surface area contributed by atoms with Gasteiger partial charge in [-0.05, 0) is 29.3 Å². The van der Waals surface area contributed by atoms with Gasteiger partial charge >= 0.3 is 0 Å². The molecule has 0 saturated carbocycles. The highest BCUT2D eigenvalue weighted by Crippen LogP contribution is 2.34. The van der Waals surface area contributed by atoms with E-state index in [1.54, 1.807) is 24.3 Å². The molecule has 0 aromatic heterocycles. The number of nitro groups is 1. The fraction of sp³-hybridized carbons (Fsp3) is 0.103. The summed E-state index contributed by atoms with van der Waals surface area (Å²) >= 11 is 0. The van der Waals surface area contributed by atoms with Crippen molar-refractivity contribution in [3.63, 3.8) is 0 Å². The molecule has 0 aliphatic rings. The lowest BCUT2D eigenvalue weighted by Gasteiger charge is -2.12. The largest absolute Gasteiger partial charge is 0.493 e. The summed E-state index contributed by atoms with van der Waals surface area (Å²) in [5, 5.41) is 15.7. The van der Waals surface area contributed by atoms with Gasteiger partial charge in [0.25, 0.3) is 11.6 Å². The minimum Gasteiger partial charge on any atom is -0.493 e. The van der Waals surface area contributed by atoms with Crippen molar-refractivity contribution in [1.82, 2.24) is 5.43 Å². The van der Waals surface area contributed by atoms with E-state index in [9.17, 15) is 14.9 Å². The second-order valence-electron chi connectivity index (χ2n) is 8.06. The first-order valence-electron chi connectivity index (χ1n) is 11.7. The molecule has 0 bridgehead atoms. The summed E-state index contributed by atoms with van der Waals surface area (Å²) in [5.74, 6) is 0.367. The molecule has 0 fully saturated rings. The molecule has 0 radical (unpaired) electrons. The van der Waals surface area contributed by atoms with Gasteiger partial charge in [0.1, 0.15) is 19.0 Å². The minimum atomic E-state index is -0.551. The number of benzene rings is 4. The smallest absolute Gasteiger partial charge is 0.282 e. The van der Waals surface area contributed by atoms with Crippen LogP contribution in [0, 0.1) is 10.1 Å². The van der Waals surface area contributed by atoms with Crippen LogP contribution in [0.15, 0.2) is 102 Å². The first kappa shape index (κ1) is 25.9.